The third kappa shape index (κ3) is 3.74. The minimum absolute atomic E-state index is 0.332. The van der Waals surface area contributed by atoms with Crippen LogP contribution in [0.3, 0.4) is 0 Å². The highest BCUT2D eigenvalue weighted by Crippen LogP contribution is 2.30. The second kappa shape index (κ2) is 7.53. The van der Waals surface area contributed by atoms with Crippen LogP contribution < -0.4 is 5.32 Å². The molecule has 4 nitrogen and oxygen atoms in total. The van der Waals surface area contributed by atoms with Crippen LogP contribution in [-0.4, -0.2) is 18.0 Å². The van der Waals surface area contributed by atoms with Gasteiger partial charge in [0.25, 0.3) is 5.91 Å². The van der Waals surface area contributed by atoms with Gasteiger partial charge in [0.2, 0.25) is 0 Å². The monoisotopic (exact) mass is 379 g/mol. The number of hydrogen-bond acceptors (Lipinski definition) is 4. The Kier molecular flexibility index (Phi) is 4.94. The Morgan fingerprint density at radius 1 is 1.07 bits per heavy atom. The zero-order chi connectivity index (χ0) is 18.8. The highest BCUT2D eigenvalue weighted by molar-refractivity contribution is 7.14. The van der Waals surface area contributed by atoms with Crippen molar-refractivity contribution in [2.45, 2.75) is 38.7 Å². The van der Waals surface area contributed by atoms with Crippen LogP contribution in [0.15, 0.2) is 48.5 Å². The number of benzene rings is 2. The maximum atomic E-state index is 12.5. The summed E-state index contributed by atoms with van der Waals surface area (Å²) < 4.78 is 5.42. The van der Waals surface area contributed by atoms with E-state index in [0.717, 1.165) is 23.6 Å². The van der Waals surface area contributed by atoms with Crippen molar-refractivity contribution in [3.8, 4) is 0 Å². The van der Waals surface area contributed by atoms with E-state index in [1.54, 1.807) is 6.92 Å². The van der Waals surface area contributed by atoms with Gasteiger partial charge in [-0.2, -0.15) is 0 Å². The summed E-state index contributed by atoms with van der Waals surface area (Å²) in [5, 5.41) is 4.88. The zero-order valence-electron chi connectivity index (χ0n) is 15.2. The number of fused-ring (bicyclic) bond motifs is 2. The Morgan fingerprint density at radius 2 is 1.85 bits per heavy atom. The number of hydrogen-bond donors (Lipinski definition) is 1. The minimum atomic E-state index is -0.865. The van der Waals surface area contributed by atoms with Crippen LogP contribution in [0.5, 0.6) is 0 Å². The molecular weight excluding hydrogens is 358 g/mol. The van der Waals surface area contributed by atoms with Crippen LogP contribution in [0.2, 0.25) is 0 Å². The highest BCUT2D eigenvalue weighted by atomic mass is 32.1. The topological polar surface area (TPSA) is 55.4 Å². The predicted molar refractivity (Wildman–Crippen MR) is 108 cm³/mol. The van der Waals surface area contributed by atoms with Crippen LogP contribution in [0, 0.1) is 0 Å². The van der Waals surface area contributed by atoms with Crippen LogP contribution in [0.4, 0.5) is 5.69 Å². The standard InChI is InChI=1S/C22H21NO3S/c1-14(26-22(25)20-13-16-8-3-5-12-19(16)27-20)21(24)23-18-11-6-9-15-7-2-4-10-17(15)18/h2,4,6-7,9-11,13-14H,3,5,8,12H2,1H3,(H,23,24). The van der Waals surface area contributed by atoms with Gasteiger partial charge in [-0.05, 0) is 55.7 Å². The lowest BCUT2D eigenvalue weighted by Crippen LogP contribution is -2.29. The summed E-state index contributed by atoms with van der Waals surface area (Å²) in [7, 11) is 0. The van der Waals surface area contributed by atoms with Gasteiger partial charge in [-0.15, -0.1) is 11.3 Å². The van der Waals surface area contributed by atoms with Crippen molar-refractivity contribution in [2.75, 3.05) is 5.32 Å². The first-order chi connectivity index (χ1) is 13.1. The Labute approximate surface area is 162 Å². The molecule has 5 heteroatoms. The molecule has 138 valence electrons. The Hall–Kier alpha value is -2.66. The molecule has 0 bridgehead atoms. The maximum absolute atomic E-state index is 12.5. The van der Waals surface area contributed by atoms with Gasteiger partial charge < -0.3 is 10.1 Å². The molecule has 1 amide bonds. The largest absolute Gasteiger partial charge is 0.448 e. The van der Waals surface area contributed by atoms with Gasteiger partial charge in [0, 0.05) is 16.0 Å². The molecule has 0 fully saturated rings. The van der Waals surface area contributed by atoms with Gasteiger partial charge in [0.1, 0.15) is 4.88 Å². The van der Waals surface area contributed by atoms with Crippen molar-refractivity contribution in [3.63, 3.8) is 0 Å². The zero-order valence-corrected chi connectivity index (χ0v) is 16.0. The fraction of sp³-hybridized carbons (Fsp3) is 0.273. The van der Waals surface area contributed by atoms with Gasteiger partial charge in [0.05, 0.1) is 0 Å². The molecule has 4 rings (SSSR count). The fourth-order valence-electron chi connectivity index (χ4n) is 3.43. The molecule has 27 heavy (non-hydrogen) atoms. The summed E-state index contributed by atoms with van der Waals surface area (Å²) in [5.41, 5.74) is 1.97. The minimum Gasteiger partial charge on any atom is -0.448 e. The summed E-state index contributed by atoms with van der Waals surface area (Å²) in [6.45, 7) is 1.60. The molecular formula is C22H21NO3S. The summed E-state index contributed by atoms with van der Waals surface area (Å²) in [4.78, 5) is 26.9. The van der Waals surface area contributed by atoms with E-state index in [1.807, 2.05) is 48.5 Å². The van der Waals surface area contributed by atoms with E-state index in [0.29, 0.717) is 10.6 Å². The fourth-order valence-corrected chi connectivity index (χ4v) is 4.57. The Morgan fingerprint density at radius 3 is 2.70 bits per heavy atom. The van der Waals surface area contributed by atoms with Gasteiger partial charge in [-0.3, -0.25) is 4.79 Å². The van der Waals surface area contributed by atoms with Crippen molar-refractivity contribution in [1.29, 1.82) is 0 Å². The molecule has 0 saturated heterocycles. The van der Waals surface area contributed by atoms with Gasteiger partial charge in [-0.1, -0.05) is 36.4 Å². The smallest absolute Gasteiger partial charge is 0.349 e. The number of carbonyl (C=O) groups is 2. The number of ether oxygens (including phenoxy) is 1. The molecule has 1 atom stereocenters. The number of nitrogens with one attached hydrogen (secondary N) is 1. The molecule has 1 aromatic heterocycles. The predicted octanol–water partition coefficient (Wildman–Crippen LogP) is 4.96. The number of carbonyl (C=O) groups excluding carboxylic acids is 2. The molecule has 1 aliphatic carbocycles. The van der Waals surface area contributed by atoms with Crippen molar-refractivity contribution in [3.05, 3.63) is 63.8 Å². The first-order valence-electron chi connectivity index (χ1n) is 9.23. The average Bonchev–Trinajstić information content (AvgIpc) is 3.12. The summed E-state index contributed by atoms with van der Waals surface area (Å²) >= 11 is 1.50. The van der Waals surface area contributed by atoms with Crippen molar-refractivity contribution in [2.24, 2.45) is 0 Å². The number of rotatable bonds is 4. The number of thiophene rings is 1. The molecule has 0 aliphatic heterocycles. The Balaban J connectivity index is 1.44. The lowest BCUT2D eigenvalue weighted by atomic mass is 9.99. The second-order valence-corrected chi connectivity index (χ2v) is 7.97. The van der Waals surface area contributed by atoms with Crippen molar-refractivity contribution < 1.29 is 14.3 Å². The molecule has 1 unspecified atom stereocenters. The van der Waals surface area contributed by atoms with Crippen LogP contribution in [0.25, 0.3) is 10.8 Å². The maximum Gasteiger partial charge on any atom is 0.349 e. The second-order valence-electron chi connectivity index (χ2n) is 6.83. The van der Waals surface area contributed by atoms with Crippen LogP contribution in [-0.2, 0) is 22.4 Å². The summed E-state index contributed by atoms with van der Waals surface area (Å²) in [6, 6.07) is 15.5. The average molecular weight is 379 g/mol. The quantitative estimate of drug-likeness (QED) is 0.652. The van der Waals surface area contributed by atoms with E-state index in [-0.39, 0.29) is 5.91 Å². The molecule has 1 aliphatic rings. The van der Waals surface area contributed by atoms with E-state index < -0.39 is 12.1 Å². The molecule has 0 spiro atoms. The first kappa shape index (κ1) is 17.7. The van der Waals surface area contributed by atoms with E-state index in [9.17, 15) is 9.59 Å². The molecule has 0 saturated carbocycles. The van der Waals surface area contributed by atoms with E-state index >= 15 is 0 Å². The number of esters is 1. The van der Waals surface area contributed by atoms with Crippen LogP contribution >= 0.6 is 11.3 Å². The van der Waals surface area contributed by atoms with Crippen molar-refractivity contribution in [1.82, 2.24) is 0 Å². The number of anilines is 1. The van der Waals surface area contributed by atoms with Gasteiger partial charge in [-0.25, -0.2) is 4.79 Å². The highest BCUT2D eigenvalue weighted by Gasteiger charge is 2.23. The lowest BCUT2D eigenvalue weighted by Gasteiger charge is -2.14. The molecule has 0 radical (unpaired) electrons. The summed E-state index contributed by atoms with van der Waals surface area (Å²) in [5.74, 6) is -0.754. The third-order valence-corrected chi connectivity index (χ3v) is 6.12. The SMILES string of the molecule is CC(OC(=O)c1cc2c(s1)CCCC2)C(=O)Nc1cccc2ccccc12. The molecule has 1 N–H and O–H groups in total. The van der Waals surface area contributed by atoms with Gasteiger partial charge >= 0.3 is 5.97 Å². The molecule has 2 aromatic carbocycles. The van der Waals surface area contributed by atoms with Gasteiger partial charge in [0.15, 0.2) is 6.10 Å². The molecule has 1 heterocycles. The normalized spacial score (nSPS) is 14.4. The molecule has 3 aromatic rings. The van der Waals surface area contributed by atoms with E-state index in [4.69, 9.17) is 4.74 Å². The summed E-state index contributed by atoms with van der Waals surface area (Å²) in [6.07, 6.45) is 3.53. The Bertz CT molecular complexity index is 979. The van der Waals surface area contributed by atoms with E-state index in [1.165, 1.54) is 34.6 Å². The number of aryl methyl sites for hydroxylation is 2. The third-order valence-electron chi connectivity index (χ3n) is 4.90. The number of amides is 1. The van der Waals surface area contributed by atoms with Crippen LogP contribution in [0.1, 0.15) is 39.9 Å². The van der Waals surface area contributed by atoms with E-state index in [2.05, 4.69) is 5.32 Å². The van der Waals surface area contributed by atoms with Crippen molar-refractivity contribution >= 4 is 39.7 Å². The lowest BCUT2D eigenvalue weighted by molar-refractivity contribution is -0.123. The first-order valence-corrected chi connectivity index (χ1v) is 10.0.